The van der Waals surface area contributed by atoms with Crippen molar-refractivity contribution < 1.29 is 0 Å². The molecule has 0 fully saturated rings. The first kappa shape index (κ1) is 17.9. The third kappa shape index (κ3) is 2.27. The smallest absolute Gasteiger partial charge is 0.139 e. The molecule has 0 saturated carbocycles. The Hall–Kier alpha value is -4.20. The van der Waals surface area contributed by atoms with Crippen LogP contribution < -0.4 is 10.4 Å². The molecule has 0 amide bonds. The van der Waals surface area contributed by atoms with E-state index in [0.29, 0.717) is 10.4 Å². The molecule has 6 heteroatoms. The van der Waals surface area contributed by atoms with Gasteiger partial charge >= 0.3 is 0 Å². The molecule has 0 saturated heterocycles. The summed E-state index contributed by atoms with van der Waals surface area (Å²) in [7, 11) is 0. The van der Waals surface area contributed by atoms with Gasteiger partial charge in [-0.1, -0.05) is 36.4 Å². The summed E-state index contributed by atoms with van der Waals surface area (Å²) in [5, 5.41) is 43.5. The van der Waals surface area contributed by atoms with Crippen LogP contribution in [0, 0.1) is 45.3 Å². The Kier molecular flexibility index (Phi) is 3.99. The van der Waals surface area contributed by atoms with Crippen LogP contribution in [-0.4, -0.2) is 0 Å². The zero-order chi connectivity index (χ0) is 20.8. The lowest BCUT2D eigenvalue weighted by Gasteiger charge is -2.02. The van der Waals surface area contributed by atoms with Gasteiger partial charge in [-0.2, -0.15) is 21.0 Å². The average molecular weight is 416 g/mol. The number of nitriles is 4. The molecule has 5 rings (SSSR count). The van der Waals surface area contributed by atoms with Gasteiger partial charge < -0.3 is 0 Å². The third-order valence-corrected chi connectivity index (χ3v) is 7.47. The Bertz CT molecular complexity index is 1710. The fraction of sp³-hybridized carbons (Fsp3) is 0. The first-order chi connectivity index (χ1) is 14.7. The van der Waals surface area contributed by atoms with Crippen LogP contribution in [0.25, 0.3) is 51.5 Å². The van der Waals surface area contributed by atoms with Gasteiger partial charge in [0.2, 0.25) is 0 Å². The largest absolute Gasteiger partial charge is 0.192 e. The molecule has 5 aromatic rings. The summed E-state index contributed by atoms with van der Waals surface area (Å²) in [4.78, 5) is 0. The van der Waals surface area contributed by atoms with E-state index in [1.807, 2.05) is 60.7 Å². The zero-order valence-electron chi connectivity index (χ0n) is 15.2. The van der Waals surface area contributed by atoms with Crippen molar-refractivity contribution in [1.29, 1.82) is 21.0 Å². The molecule has 0 N–H and O–H groups in total. The molecule has 3 aromatic carbocycles. The van der Waals surface area contributed by atoms with Crippen molar-refractivity contribution in [2.24, 2.45) is 0 Å². The van der Waals surface area contributed by atoms with E-state index in [0.717, 1.165) is 40.3 Å². The van der Waals surface area contributed by atoms with Crippen molar-refractivity contribution in [3.8, 4) is 24.3 Å². The Morgan fingerprint density at radius 1 is 0.567 bits per heavy atom. The highest BCUT2D eigenvalue weighted by molar-refractivity contribution is 7.28. The van der Waals surface area contributed by atoms with Gasteiger partial charge in [-0.3, -0.25) is 0 Å². The van der Waals surface area contributed by atoms with Gasteiger partial charge in [0, 0.05) is 50.8 Å². The van der Waals surface area contributed by atoms with Gasteiger partial charge in [-0.15, -0.1) is 22.7 Å². The fourth-order valence-electron chi connectivity index (χ4n) is 3.92. The van der Waals surface area contributed by atoms with Crippen molar-refractivity contribution in [2.45, 2.75) is 0 Å². The molecule has 0 atom stereocenters. The van der Waals surface area contributed by atoms with Crippen LogP contribution in [0.15, 0.2) is 48.5 Å². The van der Waals surface area contributed by atoms with E-state index in [4.69, 9.17) is 0 Å². The molecule has 2 aromatic heterocycles. The Labute approximate surface area is 178 Å². The minimum Gasteiger partial charge on any atom is -0.192 e. The van der Waals surface area contributed by atoms with Crippen LogP contribution >= 0.6 is 22.7 Å². The predicted octanol–water partition coefficient (Wildman–Crippen LogP) is 4.82. The van der Waals surface area contributed by atoms with E-state index < -0.39 is 0 Å². The maximum Gasteiger partial charge on any atom is 0.139 e. The summed E-state index contributed by atoms with van der Waals surface area (Å²) in [6, 6.07) is 23.7. The van der Waals surface area contributed by atoms with Gasteiger partial charge in [0.15, 0.2) is 0 Å². The van der Waals surface area contributed by atoms with Crippen molar-refractivity contribution in [3.63, 3.8) is 0 Å². The molecule has 0 bridgehead atoms. The van der Waals surface area contributed by atoms with Gasteiger partial charge in [0.25, 0.3) is 0 Å². The topological polar surface area (TPSA) is 95.2 Å². The van der Waals surface area contributed by atoms with E-state index in [1.54, 1.807) is 0 Å². The standard InChI is InChI=1S/C24H8N4S2/c25-9-13(10-26)19-21-15-5-1-3-7-17(15)29-23(21)20(14(11-27)12-28)24-22(19)16-6-2-4-8-18(16)30-24/h1-8H. The van der Waals surface area contributed by atoms with E-state index in [1.165, 1.54) is 22.7 Å². The summed E-state index contributed by atoms with van der Waals surface area (Å²) in [5.41, 5.74) is 0.0595. The van der Waals surface area contributed by atoms with Crippen LogP contribution in [0.3, 0.4) is 0 Å². The first-order valence-electron chi connectivity index (χ1n) is 8.87. The SMILES string of the molecule is N#CC(C#N)=c1c2sc3ccccc3c2c(=C(C#N)C#N)c2c1sc1ccccc12. The lowest BCUT2D eigenvalue weighted by atomic mass is 9.98. The van der Waals surface area contributed by atoms with Crippen LogP contribution in [0.5, 0.6) is 0 Å². The first-order valence-corrected chi connectivity index (χ1v) is 10.5. The minimum absolute atomic E-state index is 0.0270. The van der Waals surface area contributed by atoms with E-state index in [2.05, 4.69) is 12.1 Å². The predicted molar refractivity (Wildman–Crippen MR) is 121 cm³/mol. The Morgan fingerprint density at radius 2 is 0.967 bits per heavy atom. The normalized spacial score (nSPS) is 10.5. The van der Waals surface area contributed by atoms with Crippen LogP contribution in [0.2, 0.25) is 0 Å². The van der Waals surface area contributed by atoms with Crippen LogP contribution in [0.4, 0.5) is 0 Å². The number of rotatable bonds is 0. The molecule has 0 aliphatic heterocycles. The summed E-state index contributed by atoms with van der Waals surface area (Å²) in [6.07, 6.45) is 0. The highest BCUT2D eigenvalue weighted by atomic mass is 32.1. The van der Waals surface area contributed by atoms with Gasteiger partial charge in [-0.05, 0) is 12.1 Å². The number of nitrogens with zero attached hydrogens (tertiary/aromatic N) is 4. The number of hydrogen-bond acceptors (Lipinski definition) is 6. The monoisotopic (exact) mass is 416 g/mol. The van der Waals surface area contributed by atoms with Gasteiger partial charge in [0.1, 0.15) is 35.4 Å². The Balaban J connectivity index is 2.39. The second kappa shape index (κ2) is 6.70. The van der Waals surface area contributed by atoms with E-state index in [-0.39, 0.29) is 11.1 Å². The molecule has 30 heavy (non-hydrogen) atoms. The number of hydrogen-bond donors (Lipinski definition) is 0. The summed E-state index contributed by atoms with van der Waals surface area (Å²) >= 11 is 2.95. The number of benzene rings is 3. The molecule has 0 radical (unpaired) electrons. The van der Waals surface area contributed by atoms with Gasteiger partial charge in [-0.25, -0.2) is 0 Å². The van der Waals surface area contributed by atoms with Crippen molar-refractivity contribution in [2.75, 3.05) is 0 Å². The fourth-order valence-corrected chi connectivity index (χ4v) is 6.52. The summed E-state index contributed by atoms with van der Waals surface area (Å²) in [5.74, 6) is 0. The van der Waals surface area contributed by atoms with Crippen molar-refractivity contribution in [1.82, 2.24) is 0 Å². The second-order valence-corrected chi connectivity index (χ2v) is 8.66. The highest BCUT2D eigenvalue weighted by Gasteiger charge is 2.20. The maximum atomic E-state index is 9.78. The van der Waals surface area contributed by atoms with Gasteiger partial charge in [0.05, 0.1) is 0 Å². The third-order valence-electron chi connectivity index (χ3n) is 5.09. The lowest BCUT2D eigenvalue weighted by Crippen LogP contribution is -2.15. The van der Waals surface area contributed by atoms with E-state index >= 15 is 0 Å². The molecule has 0 spiro atoms. The quantitative estimate of drug-likeness (QED) is 0.362. The average Bonchev–Trinajstić information content (AvgIpc) is 3.35. The summed E-state index contributed by atoms with van der Waals surface area (Å²) in [6.45, 7) is 0. The Morgan fingerprint density at radius 3 is 1.40 bits per heavy atom. The molecule has 0 unspecified atom stereocenters. The number of thiophene rings is 2. The molecule has 2 heterocycles. The van der Waals surface area contributed by atoms with E-state index in [9.17, 15) is 21.0 Å². The molecule has 4 nitrogen and oxygen atoms in total. The second-order valence-electron chi connectivity index (χ2n) is 6.55. The highest BCUT2D eigenvalue weighted by Crippen LogP contribution is 2.36. The van der Waals surface area contributed by atoms with Crippen LogP contribution in [-0.2, 0) is 0 Å². The van der Waals surface area contributed by atoms with Crippen molar-refractivity contribution >= 4 is 74.2 Å². The molecule has 0 aliphatic carbocycles. The summed E-state index contributed by atoms with van der Waals surface area (Å²) < 4.78 is 3.46. The molecular weight excluding hydrogens is 408 g/mol. The molecular formula is C24H8N4S2. The van der Waals surface area contributed by atoms with Crippen molar-refractivity contribution in [3.05, 3.63) is 59.0 Å². The lowest BCUT2D eigenvalue weighted by molar-refractivity contribution is 1.50. The van der Waals surface area contributed by atoms with Crippen LogP contribution in [0.1, 0.15) is 0 Å². The zero-order valence-corrected chi connectivity index (χ0v) is 16.9. The molecule has 0 aliphatic rings. The minimum atomic E-state index is 0.0270. The maximum absolute atomic E-state index is 9.78. The molecule has 136 valence electrons. The number of fused-ring (bicyclic) bond motifs is 6.